The van der Waals surface area contributed by atoms with Gasteiger partial charge in [-0.25, -0.2) is 9.78 Å². The summed E-state index contributed by atoms with van der Waals surface area (Å²) in [7, 11) is 3.67. The maximum atomic E-state index is 12.7. The van der Waals surface area contributed by atoms with Gasteiger partial charge in [-0.05, 0) is 45.9 Å². The van der Waals surface area contributed by atoms with Gasteiger partial charge in [0.15, 0.2) is 5.69 Å². The summed E-state index contributed by atoms with van der Waals surface area (Å²) in [5.74, 6) is -0.0375. The van der Waals surface area contributed by atoms with E-state index in [1.54, 1.807) is 20.8 Å². The third kappa shape index (κ3) is 5.24. The Morgan fingerprint density at radius 1 is 1.37 bits per heavy atom. The lowest BCUT2D eigenvalue weighted by Gasteiger charge is -2.36. The van der Waals surface area contributed by atoms with Crippen molar-refractivity contribution in [3.63, 3.8) is 0 Å². The molecule has 1 aromatic heterocycles. The molecule has 164 valence electrons. The lowest BCUT2D eigenvalue weighted by atomic mass is 10.0. The number of carbonyl (C=O) groups excluding carboxylic acids is 2. The van der Waals surface area contributed by atoms with Crippen molar-refractivity contribution in [2.75, 3.05) is 6.54 Å². The Hall–Kier alpha value is -2.74. The Balaban J connectivity index is 2.50. The van der Waals surface area contributed by atoms with E-state index < -0.39 is 40.6 Å². The van der Waals surface area contributed by atoms with Crippen molar-refractivity contribution in [1.82, 2.24) is 19.8 Å². The third-order valence-corrected chi connectivity index (χ3v) is 4.90. The highest BCUT2D eigenvalue weighted by molar-refractivity contribution is 7.20. The normalized spacial score (nSPS) is 17.4. The van der Waals surface area contributed by atoms with Crippen molar-refractivity contribution in [3.8, 4) is 5.75 Å². The van der Waals surface area contributed by atoms with Crippen molar-refractivity contribution in [2.24, 2.45) is 7.05 Å². The number of carbonyl (C=O) groups is 2. The van der Waals surface area contributed by atoms with E-state index in [1.165, 1.54) is 17.8 Å². The van der Waals surface area contributed by atoms with E-state index in [4.69, 9.17) is 10.1 Å². The zero-order valence-electron chi connectivity index (χ0n) is 17.6. The van der Waals surface area contributed by atoms with Crippen LogP contribution in [0.25, 0.3) is 0 Å². The summed E-state index contributed by atoms with van der Waals surface area (Å²) < 4.78 is 6.63. The minimum absolute atomic E-state index is 0.154. The monoisotopic (exact) mass is 437 g/mol. The summed E-state index contributed by atoms with van der Waals surface area (Å²) in [5, 5.41) is 19.9. The van der Waals surface area contributed by atoms with Crippen LogP contribution in [0.15, 0.2) is 16.3 Å². The number of aromatic nitrogens is 2. The molecule has 0 bridgehead atoms. The van der Waals surface area contributed by atoms with Gasteiger partial charge in [0.2, 0.25) is 5.75 Å². The predicted octanol–water partition coefficient (Wildman–Crippen LogP) is 2.04. The lowest BCUT2D eigenvalue weighted by Crippen LogP contribution is -2.44. The SMILES string of the molecule is Cn1c(C2CCCCN2C(=O)OC(C)(C)C)nc(C(=O)N/C(C=N)=C/P)c(O)c1=O. The number of likely N-dealkylation sites (tertiary alicyclic amines) is 1. The van der Waals surface area contributed by atoms with Gasteiger partial charge in [0.25, 0.3) is 11.5 Å². The largest absolute Gasteiger partial charge is 0.501 e. The summed E-state index contributed by atoms with van der Waals surface area (Å²) in [5.41, 5.74) is -1.80. The van der Waals surface area contributed by atoms with Gasteiger partial charge < -0.3 is 20.6 Å². The average molecular weight is 437 g/mol. The Morgan fingerprint density at radius 3 is 2.60 bits per heavy atom. The quantitative estimate of drug-likeness (QED) is 0.487. The maximum Gasteiger partial charge on any atom is 0.410 e. The number of hydrogen-bond acceptors (Lipinski definition) is 7. The molecule has 1 aliphatic rings. The number of nitrogens with zero attached hydrogens (tertiary/aromatic N) is 3. The molecule has 2 atom stereocenters. The molecule has 3 N–H and O–H groups in total. The van der Waals surface area contributed by atoms with Crippen LogP contribution < -0.4 is 10.9 Å². The zero-order chi connectivity index (χ0) is 22.6. The Labute approximate surface area is 177 Å². The van der Waals surface area contributed by atoms with Crippen molar-refractivity contribution < 1.29 is 19.4 Å². The second-order valence-electron chi connectivity index (χ2n) is 7.94. The smallest absolute Gasteiger partial charge is 0.410 e. The standard InChI is InChI=1S/C19H28N5O5P/c1-19(2,3)29-18(28)24-8-6-5-7-12(24)15-22-13(14(25)17(27)23(15)4)16(26)21-11(9-20)10-30/h9-10,12,20,25H,5-8,30H2,1-4H3,(H,21,26)/b11-10+,20-9?. The molecule has 1 aliphatic heterocycles. The van der Waals surface area contributed by atoms with Gasteiger partial charge in [-0.15, -0.1) is 9.24 Å². The number of nitrogens with one attached hydrogen (secondary N) is 2. The molecular weight excluding hydrogens is 409 g/mol. The molecule has 0 aromatic carbocycles. The fourth-order valence-corrected chi connectivity index (χ4v) is 3.30. The molecule has 30 heavy (non-hydrogen) atoms. The van der Waals surface area contributed by atoms with Crippen LogP contribution in [-0.2, 0) is 11.8 Å². The van der Waals surface area contributed by atoms with Crippen molar-refractivity contribution in [2.45, 2.75) is 51.7 Å². The Bertz CT molecular complexity index is 934. The molecule has 10 nitrogen and oxygen atoms in total. The number of hydrogen-bond donors (Lipinski definition) is 3. The van der Waals surface area contributed by atoms with Gasteiger partial charge in [0.1, 0.15) is 11.4 Å². The lowest BCUT2D eigenvalue weighted by molar-refractivity contribution is 0.00794. The number of aromatic hydroxyl groups is 1. The van der Waals surface area contributed by atoms with E-state index in [2.05, 4.69) is 19.5 Å². The van der Waals surface area contributed by atoms with Crippen LogP contribution in [0.2, 0.25) is 0 Å². The maximum absolute atomic E-state index is 12.7. The first-order chi connectivity index (χ1) is 14.0. The van der Waals surface area contributed by atoms with E-state index in [1.807, 2.05) is 0 Å². The molecule has 11 heteroatoms. The van der Waals surface area contributed by atoms with E-state index in [0.29, 0.717) is 13.0 Å². The number of allylic oxidation sites excluding steroid dienone is 1. The molecule has 2 amide bonds. The molecule has 2 rings (SSSR count). The second-order valence-corrected chi connectivity index (χ2v) is 8.27. The highest BCUT2D eigenvalue weighted by atomic mass is 31.0. The van der Waals surface area contributed by atoms with Crippen LogP contribution in [0.5, 0.6) is 5.75 Å². The first-order valence-corrected chi connectivity index (χ1v) is 10.2. The summed E-state index contributed by atoms with van der Waals surface area (Å²) in [6.07, 6.45) is 2.49. The molecule has 0 spiro atoms. The van der Waals surface area contributed by atoms with Gasteiger partial charge in [-0.1, -0.05) is 0 Å². The van der Waals surface area contributed by atoms with Gasteiger partial charge >= 0.3 is 6.09 Å². The fraction of sp³-hybridized carbons (Fsp3) is 0.526. The van der Waals surface area contributed by atoms with Crippen LogP contribution in [0, 0.1) is 5.41 Å². The van der Waals surface area contributed by atoms with Crippen LogP contribution >= 0.6 is 9.24 Å². The first-order valence-electron chi connectivity index (χ1n) is 9.53. The highest BCUT2D eigenvalue weighted by Crippen LogP contribution is 2.31. The average Bonchev–Trinajstić information content (AvgIpc) is 2.69. The van der Waals surface area contributed by atoms with Gasteiger partial charge in [-0.3, -0.25) is 19.1 Å². The molecule has 1 aromatic rings. The van der Waals surface area contributed by atoms with E-state index in [9.17, 15) is 19.5 Å². The second kappa shape index (κ2) is 9.38. The number of rotatable bonds is 4. The van der Waals surface area contributed by atoms with Crippen LogP contribution in [0.4, 0.5) is 4.79 Å². The predicted molar refractivity (Wildman–Crippen MR) is 115 cm³/mol. The summed E-state index contributed by atoms with van der Waals surface area (Å²) in [6.45, 7) is 5.72. The first kappa shape index (κ1) is 23.5. The van der Waals surface area contributed by atoms with Crippen molar-refractivity contribution in [3.05, 3.63) is 33.4 Å². The number of amides is 2. The van der Waals surface area contributed by atoms with E-state index in [-0.39, 0.29) is 11.5 Å². The number of piperidine rings is 1. The molecule has 0 aliphatic carbocycles. The van der Waals surface area contributed by atoms with Crippen LogP contribution in [0.3, 0.4) is 0 Å². The van der Waals surface area contributed by atoms with Crippen LogP contribution in [0.1, 0.15) is 62.4 Å². The van der Waals surface area contributed by atoms with Gasteiger partial charge in [-0.2, -0.15) is 0 Å². The molecule has 2 unspecified atom stereocenters. The molecule has 0 saturated carbocycles. The molecule has 1 saturated heterocycles. The minimum Gasteiger partial charge on any atom is -0.501 e. The highest BCUT2D eigenvalue weighted by Gasteiger charge is 2.35. The molecule has 1 fully saturated rings. The number of ether oxygens (including phenoxy) is 1. The van der Waals surface area contributed by atoms with Gasteiger partial charge in [0, 0.05) is 19.8 Å². The van der Waals surface area contributed by atoms with E-state index in [0.717, 1.165) is 23.6 Å². The third-order valence-electron chi connectivity index (χ3n) is 4.54. The summed E-state index contributed by atoms with van der Waals surface area (Å²) >= 11 is 0. The fourth-order valence-electron chi connectivity index (χ4n) is 3.12. The molecule has 0 radical (unpaired) electrons. The summed E-state index contributed by atoms with van der Waals surface area (Å²) in [4.78, 5) is 43.6. The van der Waals surface area contributed by atoms with Crippen LogP contribution in [-0.4, -0.2) is 49.9 Å². The Morgan fingerprint density at radius 2 is 2.03 bits per heavy atom. The van der Waals surface area contributed by atoms with Crippen molar-refractivity contribution in [1.29, 1.82) is 5.41 Å². The summed E-state index contributed by atoms with van der Waals surface area (Å²) in [6, 6.07) is -0.585. The van der Waals surface area contributed by atoms with Gasteiger partial charge in [0.05, 0.1) is 11.7 Å². The van der Waals surface area contributed by atoms with Crippen molar-refractivity contribution >= 4 is 27.5 Å². The Kier molecular flexibility index (Phi) is 7.36. The zero-order valence-corrected chi connectivity index (χ0v) is 18.7. The minimum atomic E-state index is -0.830. The topological polar surface area (TPSA) is 138 Å². The molecule has 2 heterocycles. The van der Waals surface area contributed by atoms with E-state index >= 15 is 0 Å². The molecular formula is C19H28N5O5P.